The van der Waals surface area contributed by atoms with Crippen LogP contribution in [-0.2, 0) is 6.54 Å². The van der Waals surface area contributed by atoms with Crippen LogP contribution in [0, 0.1) is 0 Å². The molecule has 0 saturated carbocycles. The Hall–Kier alpha value is -3.59. The molecule has 4 aromatic rings. The Kier molecular flexibility index (Phi) is 5.05. The Morgan fingerprint density at radius 2 is 2.00 bits per heavy atom. The molecule has 2 N–H and O–H groups in total. The van der Waals surface area contributed by atoms with Gasteiger partial charge < -0.3 is 19.9 Å². The summed E-state index contributed by atoms with van der Waals surface area (Å²) in [6.07, 6.45) is 1.63. The molecule has 0 unspecified atom stereocenters. The molecule has 0 radical (unpaired) electrons. The second-order valence-corrected chi connectivity index (χ2v) is 7.15. The quantitative estimate of drug-likeness (QED) is 0.478. The summed E-state index contributed by atoms with van der Waals surface area (Å²) in [5, 5.41) is 14.6. The Labute approximate surface area is 170 Å². The first-order valence-electron chi connectivity index (χ1n) is 8.70. The summed E-state index contributed by atoms with van der Waals surface area (Å²) in [5.74, 6) is 0.946. The van der Waals surface area contributed by atoms with Gasteiger partial charge in [0.1, 0.15) is 23.5 Å². The van der Waals surface area contributed by atoms with Crippen LogP contribution in [0.1, 0.15) is 15.2 Å². The van der Waals surface area contributed by atoms with E-state index in [0.717, 1.165) is 10.4 Å². The number of aromatic carboxylic acids is 1. The standard InChI is InChI=1S/C20H18N4O4S/c1-27-16-8-14-15(9-17(16)28-2)24(11-22-14)18-6-5-13(20(25)26)19(23-18)21-10-12-4-3-7-29-12/h3-9,11H,10H2,1-2H3,(H,21,23)(H,25,26). The smallest absolute Gasteiger partial charge is 0.339 e. The molecule has 0 aliphatic rings. The van der Waals surface area contributed by atoms with E-state index in [0.29, 0.717) is 35.2 Å². The molecule has 0 aliphatic carbocycles. The second-order valence-electron chi connectivity index (χ2n) is 6.11. The number of imidazole rings is 1. The molecular weight excluding hydrogens is 392 g/mol. The maximum Gasteiger partial charge on any atom is 0.339 e. The fraction of sp³-hybridized carbons (Fsp3) is 0.150. The van der Waals surface area contributed by atoms with Crippen molar-refractivity contribution in [2.75, 3.05) is 19.5 Å². The maximum atomic E-state index is 11.6. The molecular formula is C20H18N4O4S. The highest BCUT2D eigenvalue weighted by molar-refractivity contribution is 7.09. The van der Waals surface area contributed by atoms with Crippen molar-refractivity contribution in [1.29, 1.82) is 0 Å². The van der Waals surface area contributed by atoms with Crippen LogP contribution in [-0.4, -0.2) is 39.8 Å². The van der Waals surface area contributed by atoms with Crippen LogP contribution in [0.3, 0.4) is 0 Å². The molecule has 0 fully saturated rings. The van der Waals surface area contributed by atoms with Gasteiger partial charge in [-0.05, 0) is 23.6 Å². The molecule has 148 valence electrons. The molecule has 0 atom stereocenters. The summed E-state index contributed by atoms with van der Waals surface area (Å²) in [6, 6.07) is 10.7. The number of carbonyl (C=O) groups is 1. The molecule has 4 rings (SSSR count). The third-order valence-corrected chi connectivity index (χ3v) is 5.30. The number of ether oxygens (including phenoxy) is 2. The predicted octanol–water partition coefficient (Wildman–Crippen LogP) is 3.81. The van der Waals surface area contributed by atoms with Crippen LogP contribution >= 0.6 is 11.3 Å². The van der Waals surface area contributed by atoms with Crippen molar-refractivity contribution >= 4 is 34.2 Å². The first-order valence-corrected chi connectivity index (χ1v) is 9.58. The van der Waals surface area contributed by atoms with E-state index in [1.165, 1.54) is 6.07 Å². The highest BCUT2D eigenvalue weighted by Gasteiger charge is 2.16. The Bertz CT molecular complexity index is 1170. The number of carboxylic acids is 1. The molecule has 0 saturated heterocycles. The number of rotatable bonds is 7. The molecule has 0 bridgehead atoms. The van der Waals surface area contributed by atoms with Crippen LogP contribution in [0.2, 0.25) is 0 Å². The van der Waals surface area contributed by atoms with E-state index in [1.54, 1.807) is 48.6 Å². The van der Waals surface area contributed by atoms with Gasteiger partial charge in [0.15, 0.2) is 11.5 Å². The minimum absolute atomic E-state index is 0.106. The van der Waals surface area contributed by atoms with Crippen LogP contribution in [0.15, 0.2) is 48.1 Å². The lowest BCUT2D eigenvalue weighted by Gasteiger charge is -2.12. The topological polar surface area (TPSA) is 98.5 Å². The third kappa shape index (κ3) is 3.59. The molecule has 29 heavy (non-hydrogen) atoms. The first kappa shape index (κ1) is 18.8. The van der Waals surface area contributed by atoms with Gasteiger partial charge in [-0.1, -0.05) is 6.07 Å². The average Bonchev–Trinajstić information content (AvgIpc) is 3.40. The summed E-state index contributed by atoms with van der Waals surface area (Å²) in [4.78, 5) is 21.7. The van der Waals surface area contributed by atoms with Gasteiger partial charge in [-0.25, -0.2) is 14.8 Å². The lowest BCUT2D eigenvalue weighted by molar-refractivity contribution is 0.0697. The Morgan fingerprint density at radius 3 is 2.69 bits per heavy atom. The minimum Gasteiger partial charge on any atom is -0.493 e. The molecule has 3 heterocycles. The van der Waals surface area contributed by atoms with E-state index in [2.05, 4.69) is 15.3 Å². The molecule has 0 aliphatic heterocycles. The number of methoxy groups -OCH3 is 2. The van der Waals surface area contributed by atoms with E-state index < -0.39 is 5.97 Å². The molecule has 9 heteroatoms. The second kappa shape index (κ2) is 7.80. The van der Waals surface area contributed by atoms with Crippen molar-refractivity contribution in [1.82, 2.24) is 14.5 Å². The van der Waals surface area contributed by atoms with Gasteiger partial charge in [-0.2, -0.15) is 0 Å². The Balaban J connectivity index is 1.76. The normalized spacial score (nSPS) is 10.8. The highest BCUT2D eigenvalue weighted by atomic mass is 32.1. The van der Waals surface area contributed by atoms with Crippen LogP contribution in [0.4, 0.5) is 5.82 Å². The number of thiophene rings is 1. The number of pyridine rings is 1. The van der Waals surface area contributed by atoms with E-state index in [9.17, 15) is 9.90 Å². The van der Waals surface area contributed by atoms with E-state index in [4.69, 9.17) is 9.47 Å². The molecule has 3 aromatic heterocycles. The van der Waals surface area contributed by atoms with Crippen molar-refractivity contribution in [3.63, 3.8) is 0 Å². The lowest BCUT2D eigenvalue weighted by Crippen LogP contribution is -2.10. The highest BCUT2D eigenvalue weighted by Crippen LogP contribution is 2.32. The number of nitrogens with zero attached hydrogens (tertiary/aromatic N) is 3. The van der Waals surface area contributed by atoms with Crippen molar-refractivity contribution in [3.05, 3.63) is 58.5 Å². The monoisotopic (exact) mass is 410 g/mol. The molecule has 8 nitrogen and oxygen atoms in total. The van der Waals surface area contributed by atoms with Crippen molar-refractivity contribution in [3.8, 4) is 17.3 Å². The third-order valence-electron chi connectivity index (χ3n) is 4.42. The van der Waals surface area contributed by atoms with Crippen LogP contribution < -0.4 is 14.8 Å². The SMILES string of the molecule is COc1cc2ncn(-c3ccc(C(=O)O)c(NCc4cccs4)n3)c2cc1OC. The number of benzene rings is 1. The number of aromatic nitrogens is 3. The molecule has 0 spiro atoms. The van der Waals surface area contributed by atoms with Gasteiger partial charge in [0, 0.05) is 17.0 Å². The zero-order chi connectivity index (χ0) is 20.4. The predicted molar refractivity (Wildman–Crippen MR) is 111 cm³/mol. The van der Waals surface area contributed by atoms with E-state index >= 15 is 0 Å². The molecule has 0 amide bonds. The van der Waals surface area contributed by atoms with Gasteiger partial charge in [0.2, 0.25) is 0 Å². The number of anilines is 1. The first-order chi connectivity index (χ1) is 14.1. The maximum absolute atomic E-state index is 11.6. The van der Waals surface area contributed by atoms with E-state index in [1.807, 2.05) is 23.6 Å². The average molecular weight is 410 g/mol. The number of nitrogens with one attached hydrogen (secondary N) is 1. The van der Waals surface area contributed by atoms with Gasteiger partial charge in [-0.15, -0.1) is 11.3 Å². The Morgan fingerprint density at radius 1 is 1.21 bits per heavy atom. The zero-order valence-electron chi connectivity index (χ0n) is 15.7. The lowest BCUT2D eigenvalue weighted by atomic mass is 10.2. The fourth-order valence-electron chi connectivity index (χ4n) is 2.99. The number of fused-ring (bicyclic) bond motifs is 1. The van der Waals surface area contributed by atoms with Gasteiger partial charge in [0.25, 0.3) is 0 Å². The summed E-state index contributed by atoms with van der Waals surface area (Å²) in [5.41, 5.74) is 1.58. The van der Waals surface area contributed by atoms with Crippen molar-refractivity contribution < 1.29 is 19.4 Å². The zero-order valence-corrected chi connectivity index (χ0v) is 16.6. The van der Waals surface area contributed by atoms with Crippen LogP contribution in [0.25, 0.3) is 16.9 Å². The van der Waals surface area contributed by atoms with Gasteiger partial charge in [0.05, 0.1) is 31.8 Å². The van der Waals surface area contributed by atoms with E-state index in [-0.39, 0.29) is 5.56 Å². The summed E-state index contributed by atoms with van der Waals surface area (Å²) >= 11 is 1.59. The van der Waals surface area contributed by atoms with Gasteiger partial charge in [-0.3, -0.25) is 4.57 Å². The van der Waals surface area contributed by atoms with Crippen molar-refractivity contribution in [2.24, 2.45) is 0 Å². The molecule has 1 aromatic carbocycles. The summed E-state index contributed by atoms with van der Waals surface area (Å²) < 4.78 is 12.5. The number of hydrogen-bond acceptors (Lipinski definition) is 7. The van der Waals surface area contributed by atoms with Gasteiger partial charge >= 0.3 is 5.97 Å². The van der Waals surface area contributed by atoms with Crippen molar-refractivity contribution in [2.45, 2.75) is 6.54 Å². The fourth-order valence-corrected chi connectivity index (χ4v) is 3.64. The minimum atomic E-state index is -1.04. The summed E-state index contributed by atoms with van der Waals surface area (Å²) in [7, 11) is 3.13. The van der Waals surface area contributed by atoms with Crippen LogP contribution in [0.5, 0.6) is 11.5 Å². The number of carboxylic acid groups (broad SMARTS) is 1. The largest absolute Gasteiger partial charge is 0.493 e. The summed E-state index contributed by atoms with van der Waals surface area (Å²) in [6.45, 7) is 0.490. The number of hydrogen-bond donors (Lipinski definition) is 2.